The highest BCUT2D eigenvalue weighted by Gasteiger charge is 2.51. The molecule has 0 saturated heterocycles. The molecule has 3 atom stereocenters. The minimum atomic E-state index is -1.15. The van der Waals surface area contributed by atoms with Crippen LogP contribution < -0.4 is 0 Å². The van der Waals surface area contributed by atoms with Gasteiger partial charge in [0, 0.05) is 0 Å². The van der Waals surface area contributed by atoms with Gasteiger partial charge in [0.25, 0.3) is 0 Å². The molecule has 0 aromatic rings. The van der Waals surface area contributed by atoms with Crippen molar-refractivity contribution in [3.05, 3.63) is 23.3 Å². The van der Waals surface area contributed by atoms with Crippen molar-refractivity contribution in [2.24, 2.45) is 22.7 Å². The fourth-order valence-corrected chi connectivity index (χ4v) is 5.62. The minimum absolute atomic E-state index is 0.157. The van der Waals surface area contributed by atoms with Crippen LogP contribution in [0.5, 0.6) is 0 Å². The molecule has 0 aromatic carbocycles. The Morgan fingerprint density at radius 3 is 2.67 bits per heavy atom. The highest BCUT2D eigenvalue weighted by Crippen LogP contribution is 2.60. The highest BCUT2D eigenvalue weighted by atomic mass is 16.5. The Labute approximate surface area is 164 Å². The maximum atomic E-state index is 11.3. The van der Waals surface area contributed by atoms with Crippen LogP contribution in [0.1, 0.15) is 79.6 Å². The topological polar surface area (TPSA) is 63.6 Å². The van der Waals surface area contributed by atoms with Gasteiger partial charge in [-0.05, 0) is 74.7 Å². The van der Waals surface area contributed by atoms with Gasteiger partial charge in [-0.25, -0.2) is 0 Å². The van der Waals surface area contributed by atoms with Crippen molar-refractivity contribution in [3.8, 4) is 0 Å². The Morgan fingerprint density at radius 1 is 1.30 bits per heavy atom. The highest BCUT2D eigenvalue weighted by molar-refractivity contribution is 5.90. The summed E-state index contributed by atoms with van der Waals surface area (Å²) in [5.74, 6) is -0.488. The maximum absolute atomic E-state index is 11.3. The van der Waals surface area contributed by atoms with E-state index in [1.807, 2.05) is 6.08 Å². The third kappa shape index (κ3) is 5.24. The van der Waals surface area contributed by atoms with E-state index in [9.17, 15) is 9.59 Å². The molecule has 152 valence electrons. The molecule has 2 aliphatic carbocycles. The van der Waals surface area contributed by atoms with Gasteiger partial charge >= 0.3 is 11.9 Å². The third-order valence-corrected chi connectivity index (χ3v) is 7.10. The van der Waals surface area contributed by atoms with Gasteiger partial charge in [-0.1, -0.05) is 44.4 Å². The van der Waals surface area contributed by atoms with Gasteiger partial charge in [-0.2, -0.15) is 0 Å². The summed E-state index contributed by atoms with van der Waals surface area (Å²) in [6.45, 7) is 11.9. The maximum Gasteiger partial charge on any atom is 0.317 e. The average Bonchev–Trinajstić information content (AvgIpc) is 2.52. The molecular weight excluding hydrogens is 340 g/mol. The molecule has 0 spiro atoms. The molecule has 0 bridgehead atoms. The lowest BCUT2D eigenvalue weighted by Crippen LogP contribution is -2.48. The summed E-state index contributed by atoms with van der Waals surface area (Å²) in [7, 11) is 0. The number of allylic oxidation sites excluding steroid dienone is 3. The summed E-state index contributed by atoms with van der Waals surface area (Å²) in [5, 5.41) is 8.58. The molecule has 0 radical (unpaired) electrons. The van der Waals surface area contributed by atoms with Crippen molar-refractivity contribution < 1.29 is 19.4 Å². The van der Waals surface area contributed by atoms with Gasteiger partial charge < -0.3 is 9.84 Å². The van der Waals surface area contributed by atoms with Gasteiger partial charge in [0.2, 0.25) is 0 Å². The van der Waals surface area contributed by atoms with E-state index in [-0.39, 0.29) is 6.61 Å². The van der Waals surface area contributed by atoms with E-state index in [0.29, 0.717) is 16.7 Å². The fraction of sp³-hybridized carbons (Fsp3) is 0.739. The molecule has 4 nitrogen and oxygen atoms in total. The van der Waals surface area contributed by atoms with Crippen LogP contribution in [-0.2, 0) is 14.3 Å². The Bertz CT molecular complexity index is 628. The van der Waals surface area contributed by atoms with Gasteiger partial charge in [-0.15, -0.1) is 0 Å². The lowest BCUT2D eigenvalue weighted by Gasteiger charge is -2.57. The largest absolute Gasteiger partial charge is 0.481 e. The normalized spacial score (nSPS) is 30.3. The molecule has 2 aliphatic rings. The van der Waals surface area contributed by atoms with Crippen molar-refractivity contribution in [2.45, 2.75) is 79.6 Å². The van der Waals surface area contributed by atoms with Crippen molar-refractivity contribution >= 4 is 11.9 Å². The number of hydrogen-bond donors (Lipinski definition) is 1. The molecule has 1 saturated carbocycles. The SMILES string of the molecule is CC(=CCOC(=O)CC(=O)O)CCC1C(C)=CCC2C(C)(C)CCCC12C. The standard InChI is InChI=1S/C23H36O4/c1-16(11-14-27-21(26)15-20(24)25)7-9-18-17(2)8-10-19-22(3,4)12-6-13-23(18,19)5/h8,11,18-19H,6-7,9-10,12-15H2,1-5H3,(H,24,25). The number of rotatable bonds is 7. The van der Waals surface area contributed by atoms with Gasteiger partial charge in [0.1, 0.15) is 13.0 Å². The summed E-state index contributed by atoms with van der Waals surface area (Å²) >= 11 is 0. The van der Waals surface area contributed by atoms with Crippen LogP contribution in [0.3, 0.4) is 0 Å². The molecular formula is C23H36O4. The van der Waals surface area contributed by atoms with Crippen LogP contribution >= 0.6 is 0 Å². The number of carboxylic acids is 1. The van der Waals surface area contributed by atoms with Crippen molar-refractivity contribution in [3.63, 3.8) is 0 Å². The van der Waals surface area contributed by atoms with E-state index in [1.54, 1.807) is 0 Å². The fourth-order valence-electron chi connectivity index (χ4n) is 5.62. The molecule has 2 rings (SSSR count). The van der Waals surface area contributed by atoms with Gasteiger partial charge in [0.05, 0.1) is 0 Å². The molecule has 1 N–H and O–H groups in total. The van der Waals surface area contributed by atoms with Crippen molar-refractivity contribution in [1.82, 2.24) is 0 Å². The zero-order valence-electron chi connectivity index (χ0n) is 17.6. The van der Waals surface area contributed by atoms with E-state index in [2.05, 4.69) is 40.7 Å². The number of carbonyl (C=O) groups is 2. The van der Waals surface area contributed by atoms with Crippen molar-refractivity contribution in [1.29, 1.82) is 0 Å². The Morgan fingerprint density at radius 2 is 2.00 bits per heavy atom. The quantitative estimate of drug-likeness (QED) is 0.360. The van der Waals surface area contributed by atoms with E-state index >= 15 is 0 Å². The second kappa shape index (κ2) is 8.62. The lowest BCUT2D eigenvalue weighted by molar-refractivity contribution is -0.150. The van der Waals surface area contributed by atoms with E-state index in [1.165, 1.54) is 36.8 Å². The first-order valence-corrected chi connectivity index (χ1v) is 10.3. The number of carboxylic acid groups (broad SMARTS) is 1. The summed E-state index contributed by atoms with van der Waals surface area (Å²) in [5.41, 5.74) is 3.51. The zero-order valence-corrected chi connectivity index (χ0v) is 17.6. The molecule has 0 aliphatic heterocycles. The number of ether oxygens (including phenoxy) is 1. The van der Waals surface area contributed by atoms with E-state index in [4.69, 9.17) is 9.84 Å². The van der Waals surface area contributed by atoms with Crippen LogP contribution in [0.2, 0.25) is 0 Å². The minimum Gasteiger partial charge on any atom is -0.481 e. The summed E-state index contributed by atoms with van der Waals surface area (Å²) < 4.78 is 4.96. The van der Waals surface area contributed by atoms with E-state index < -0.39 is 18.4 Å². The first-order chi connectivity index (χ1) is 12.6. The number of aliphatic carboxylic acids is 1. The third-order valence-electron chi connectivity index (χ3n) is 7.10. The smallest absolute Gasteiger partial charge is 0.317 e. The first kappa shape index (κ1) is 21.7. The Balaban J connectivity index is 1.96. The van der Waals surface area contributed by atoms with Crippen LogP contribution in [0, 0.1) is 22.7 Å². The van der Waals surface area contributed by atoms with E-state index in [0.717, 1.165) is 18.8 Å². The second-order valence-corrected chi connectivity index (χ2v) is 9.48. The van der Waals surface area contributed by atoms with Crippen LogP contribution in [0.15, 0.2) is 23.3 Å². The first-order valence-electron chi connectivity index (χ1n) is 10.3. The predicted octanol–water partition coefficient (Wildman–Crippen LogP) is 5.53. The van der Waals surface area contributed by atoms with Gasteiger partial charge in [-0.3, -0.25) is 9.59 Å². The molecule has 4 heteroatoms. The molecule has 1 fully saturated rings. The van der Waals surface area contributed by atoms with Crippen LogP contribution in [0.4, 0.5) is 0 Å². The van der Waals surface area contributed by atoms with Crippen LogP contribution in [-0.4, -0.2) is 23.7 Å². The Kier molecular flexibility index (Phi) is 6.93. The molecule has 0 amide bonds. The Hall–Kier alpha value is -1.58. The summed E-state index contributed by atoms with van der Waals surface area (Å²) in [6, 6.07) is 0. The predicted molar refractivity (Wildman–Crippen MR) is 107 cm³/mol. The molecule has 0 aromatic heterocycles. The second-order valence-electron chi connectivity index (χ2n) is 9.48. The molecule has 0 heterocycles. The van der Waals surface area contributed by atoms with Crippen LogP contribution in [0.25, 0.3) is 0 Å². The van der Waals surface area contributed by atoms with Crippen molar-refractivity contribution in [2.75, 3.05) is 6.61 Å². The number of esters is 1. The monoisotopic (exact) mass is 376 g/mol. The summed E-state index contributed by atoms with van der Waals surface area (Å²) in [6.07, 6.45) is 11.1. The zero-order chi connectivity index (χ0) is 20.2. The summed E-state index contributed by atoms with van der Waals surface area (Å²) in [4.78, 5) is 21.8. The average molecular weight is 377 g/mol. The molecule has 27 heavy (non-hydrogen) atoms. The number of hydrogen-bond acceptors (Lipinski definition) is 3. The van der Waals surface area contributed by atoms with Gasteiger partial charge in [0.15, 0.2) is 0 Å². The molecule has 3 unspecified atom stereocenters. The number of fused-ring (bicyclic) bond motifs is 1. The lowest BCUT2D eigenvalue weighted by atomic mass is 9.48. The number of carbonyl (C=O) groups excluding carboxylic acids is 1.